The molecule has 8 nitrogen and oxygen atoms in total. The molecule has 1 saturated heterocycles. The van der Waals surface area contributed by atoms with Crippen LogP contribution in [-0.2, 0) is 16.1 Å². The van der Waals surface area contributed by atoms with Gasteiger partial charge in [0.2, 0.25) is 11.8 Å². The molecule has 164 valence electrons. The van der Waals surface area contributed by atoms with Crippen molar-refractivity contribution in [2.45, 2.75) is 64.0 Å². The predicted molar refractivity (Wildman–Crippen MR) is 119 cm³/mol. The molecule has 0 spiro atoms. The first-order chi connectivity index (χ1) is 14.5. The molecule has 2 aliphatic rings. The van der Waals surface area contributed by atoms with Gasteiger partial charge in [0.1, 0.15) is 12.4 Å². The maximum Gasteiger partial charge on any atom is 0.243 e. The SMILES string of the molecule is N/N=C\N(N)c1ccc(Cl)cc1CNC(=O)C1CCCN1C(=O)CC1CCCCC1. The van der Waals surface area contributed by atoms with Gasteiger partial charge >= 0.3 is 0 Å². The molecule has 1 aliphatic carbocycles. The fourth-order valence-corrected chi connectivity index (χ4v) is 4.67. The average molecular weight is 435 g/mol. The Bertz CT molecular complexity index is 781. The summed E-state index contributed by atoms with van der Waals surface area (Å²) < 4.78 is 0. The van der Waals surface area contributed by atoms with Crippen LogP contribution in [-0.4, -0.2) is 35.6 Å². The summed E-state index contributed by atoms with van der Waals surface area (Å²) in [5, 5.41) is 8.17. The second kappa shape index (κ2) is 10.6. The molecule has 1 aromatic rings. The van der Waals surface area contributed by atoms with Crippen LogP contribution in [0.2, 0.25) is 5.02 Å². The minimum Gasteiger partial charge on any atom is -0.350 e. The van der Waals surface area contributed by atoms with Crippen molar-refractivity contribution in [1.82, 2.24) is 10.2 Å². The minimum absolute atomic E-state index is 0.107. The van der Waals surface area contributed by atoms with E-state index >= 15 is 0 Å². The van der Waals surface area contributed by atoms with E-state index in [1.54, 1.807) is 23.1 Å². The van der Waals surface area contributed by atoms with Crippen molar-refractivity contribution in [3.05, 3.63) is 28.8 Å². The van der Waals surface area contributed by atoms with Gasteiger partial charge in [-0.05, 0) is 55.4 Å². The molecule has 9 heteroatoms. The van der Waals surface area contributed by atoms with Gasteiger partial charge in [-0.25, -0.2) is 5.84 Å². The van der Waals surface area contributed by atoms with Gasteiger partial charge in [-0.3, -0.25) is 14.6 Å². The zero-order valence-electron chi connectivity index (χ0n) is 17.2. The van der Waals surface area contributed by atoms with Gasteiger partial charge in [0.05, 0.1) is 5.69 Å². The number of anilines is 1. The second-order valence-corrected chi connectivity index (χ2v) is 8.55. The smallest absolute Gasteiger partial charge is 0.243 e. The molecule has 2 amide bonds. The van der Waals surface area contributed by atoms with Crippen molar-refractivity contribution in [3.8, 4) is 0 Å². The van der Waals surface area contributed by atoms with Crippen LogP contribution in [0.1, 0.15) is 56.9 Å². The fourth-order valence-electron chi connectivity index (χ4n) is 4.48. The number of rotatable bonds is 7. The number of carbonyl (C=O) groups excluding carboxylic acids is 2. The van der Waals surface area contributed by atoms with Crippen molar-refractivity contribution >= 4 is 35.4 Å². The first-order valence-corrected chi connectivity index (χ1v) is 11.0. The zero-order valence-corrected chi connectivity index (χ0v) is 18.0. The normalized spacial score (nSPS) is 19.9. The molecule has 5 N–H and O–H groups in total. The molecule has 1 heterocycles. The maximum absolute atomic E-state index is 12.9. The highest BCUT2D eigenvalue weighted by atomic mass is 35.5. The van der Waals surface area contributed by atoms with Crippen molar-refractivity contribution in [3.63, 3.8) is 0 Å². The lowest BCUT2D eigenvalue weighted by Gasteiger charge is -2.28. The highest BCUT2D eigenvalue weighted by Crippen LogP contribution is 2.29. The summed E-state index contributed by atoms with van der Waals surface area (Å²) in [6.45, 7) is 0.886. The van der Waals surface area contributed by atoms with Crippen LogP contribution in [0.3, 0.4) is 0 Å². The maximum atomic E-state index is 12.9. The van der Waals surface area contributed by atoms with Gasteiger partial charge in [-0.2, -0.15) is 5.10 Å². The number of amides is 2. The van der Waals surface area contributed by atoms with E-state index in [4.69, 9.17) is 23.3 Å². The second-order valence-electron chi connectivity index (χ2n) is 8.12. The zero-order chi connectivity index (χ0) is 21.5. The Morgan fingerprint density at radius 2 is 2.00 bits per heavy atom. The van der Waals surface area contributed by atoms with Gasteiger partial charge in [-0.1, -0.05) is 30.9 Å². The lowest BCUT2D eigenvalue weighted by atomic mass is 9.86. The average Bonchev–Trinajstić information content (AvgIpc) is 3.23. The van der Waals surface area contributed by atoms with E-state index in [-0.39, 0.29) is 18.4 Å². The third-order valence-corrected chi connectivity index (χ3v) is 6.26. The highest BCUT2D eigenvalue weighted by molar-refractivity contribution is 6.30. The minimum atomic E-state index is -0.414. The number of nitrogens with one attached hydrogen (secondary N) is 1. The van der Waals surface area contributed by atoms with Gasteiger partial charge in [0, 0.05) is 24.5 Å². The van der Waals surface area contributed by atoms with E-state index < -0.39 is 6.04 Å². The molecule has 3 rings (SSSR count). The van der Waals surface area contributed by atoms with Crippen molar-refractivity contribution in [1.29, 1.82) is 0 Å². The molecular formula is C21H31ClN6O2. The molecule has 1 atom stereocenters. The molecule has 1 aliphatic heterocycles. The first-order valence-electron chi connectivity index (χ1n) is 10.6. The number of nitrogens with two attached hydrogens (primary N) is 2. The first kappa shape index (κ1) is 22.4. The van der Waals surface area contributed by atoms with Crippen LogP contribution in [0.15, 0.2) is 23.3 Å². The molecule has 2 fully saturated rings. The quantitative estimate of drug-likeness (QED) is 0.264. The molecule has 0 bridgehead atoms. The molecule has 1 unspecified atom stereocenters. The van der Waals surface area contributed by atoms with E-state index in [1.807, 2.05) is 0 Å². The van der Waals surface area contributed by atoms with Gasteiger partial charge in [0.25, 0.3) is 0 Å². The van der Waals surface area contributed by atoms with E-state index in [9.17, 15) is 9.59 Å². The van der Waals surface area contributed by atoms with Crippen LogP contribution in [0, 0.1) is 5.92 Å². The fraction of sp³-hybridized carbons (Fsp3) is 0.571. The van der Waals surface area contributed by atoms with Crippen LogP contribution in [0.5, 0.6) is 0 Å². The van der Waals surface area contributed by atoms with Crippen LogP contribution >= 0.6 is 11.6 Å². The largest absolute Gasteiger partial charge is 0.350 e. The topological polar surface area (TPSA) is 117 Å². The number of likely N-dealkylation sites (tertiary alicyclic amines) is 1. The number of carbonyl (C=O) groups is 2. The lowest BCUT2D eigenvalue weighted by molar-refractivity contribution is -0.139. The Balaban J connectivity index is 1.61. The molecule has 0 radical (unpaired) electrons. The van der Waals surface area contributed by atoms with Gasteiger partial charge in [0.15, 0.2) is 0 Å². The Hall–Kier alpha value is -2.32. The number of hydrazine groups is 1. The number of hydrogen-bond donors (Lipinski definition) is 3. The Labute approximate surface area is 182 Å². The van der Waals surface area contributed by atoms with Crippen LogP contribution in [0.25, 0.3) is 0 Å². The third kappa shape index (κ3) is 5.64. The summed E-state index contributed by atoms with van der Waals surface area (Å²) in [4.78, 5) is 27.5. The van der Waals surface area contributed by atoms with Crippen molar-refractivity contribution in [2.24, 2.45) is 22.7 Å². The number of halogens is 1. The summed E-state index contributed by atoms with van der Waals surface area (Å²) in [5.41, 5.74) is 1.36. The standard InChI is InChI=1S/C21H31ClN6O2/c22-17-8-9-18(28(24)14-26-23)16(12-17)13-25-21(30)19-7-4-10-27(19)20(29)11-15-5-2-1-3-6-15/h8-9,12,14-15,19H,1-7,10-11,13,23-24H2,(H,25,30)/b26-14-. The van der Waals surface area contributed by atoms with Crippen LogP contribution < -0.4 is 22.0 Å². The Morgan fingerprint density at radius 3 is 2.73 bits per heavy atom. The van der Waals surface area contributed by atoms with Gasteiger partial charge in [-0.15, -0.1) is 0 Å². The number of hydrogen-bond acceptors (Lipinski definition) is 5. The number of nitrogens with zero attached hydrogens (tertiary/aromatic N) is 3. The van der Waals surface area contributed by atoms with E-state index in [2.05, 4.69) is 10.4 Å². The molecule has 1 saturated carbocycles. The molecule has 30 heavy (non-hydrogen) atoms. The van der Waals surface area contributed by atoms with Gasteiger partial charge < -0.3 is 16.1 Å². The summed E-state index contributed by atoms with van der Waals surface area (Å²) in [6.07, 6.45) is 9.29. The molecule has 1 aromatic carbocycles. The van der Waals surface area contributed by atoms with E-state index in [1.165, 1.54) is 30.6 Å². The Kier molecular flexibility index (Phi) is 7.93. The third-order valence-electron chi connectivity index (χ3n) is 6.03. The molecule has 0 aromatic heterocycles. The number of hydrazone groups is 1. The van der Waals surface area contributed by atoms with E-state index in [0.717, 1.165) is 24.8 Å². The van der Waals surface area contributed by atoms with Crippen molar-refractivity contribution < 1.29 is 9.59 Å². The number of benzene rings is 1. The van der Waals surface area contributed by atoms with Crippen LogP contribution in [0.4, 0.5) is 5.69 Å². The Morgan fingerprint density at radius 1 is 1.23 bits per heavy atom. The summed E-state index contributed by atoms with van der Waals surface area (Å²) in [5.74, 6) is 11.5. The summed E-state index contributed by atoms with van der Waals surface area (Å²) >= 11 is 6.12. The summed E-state index contributed by atoms with van der Waals surface area (Å²) in [7, 11) is 0. The monoisotopic (exact) mass is 434 g/mol. The highest BCUT2D eigenvalue weighted by Gasteiger charge is 2.34. The summed E-state index contributed by atoms with van der Waals surface area (Å²) in [6, 6.07) is 4.77. The molecular weight excluding hydrogens is 404 g/mol. The van der Waals surface area contributed by atoms with Crippen molar-refractivity contribution in [2.75, 3.05) is 11.6 Å². The van der Waals surface area contributed by atoms with E-state index in [0.29, 0.717) is 36.0 Å². The lowest BCUT2D eigenvalue weighted by Crippen LogP contribution is -2.46. The predicted octanol–water partition coefficient (Wildman–Crippen LogP) is 2.50.